The Labute approximate surface area is 124 Å². The first-order chi connectivity index (χ1) is 10.1. The predicted molar refractivity (Wildman–Crippen MR) is 79.9 cm³/mol. The lowest BCUT2D eigenvalue weighted by Gasteiger charge is -2.37. The first kappa shape index (κ1) is 14.2. The average Bonchev–Trinajstić information content (AvgIpc) is 2.73. The number of nitrogen functional groups attached to an aromatic ring is 1. The van der Waals surface area contributed by atoms with Gasteiger partial charge in [-0.3, -0.25) is 4.79 Å². The van der Waals surface area contributed by atoms with Crippen molar-refractivity contribution in [1.29, 1.82) is 0 Å². The number of para-hydroxylation sites is 2. The first-order valence-corrected chi connectivity index (χ1v) is 7.61. The monoisotopic (exact) mass is 290 g/mol. The van der Waals surface area contributed by atoms with Crippen molar-refractivity contribution in [2.45, 2.75) is 50.3 Å². The molecule has 2 bridgehead atoms. The van der Waals surface area contributed by atoms with Crippen molar-refractivity contribution in [3.05, 3.63) is 24.3 Å². The van der Waals surface area contributed by atoms with E-state index in [-0.39, 0.29) is 24.1 Å². The standard InChI is InChI=1S/C16H22N2O3/c17-14-3-1-2-4-15(14)21-8-7-16(20)18-11-5-6-12(18)10-13(19)9-11/h1-4,11-13,19H,5-10,17H2. The molecule has 2 aliphatic heterocycles. The van der Waals surface area contributed by atoms with E-state index in [9.17, 15) is 9.90 Å². The van der Waals surface area contributed by atoms with E-state index in [2.05, 4.69) is 0 Å². The van der Waals surface area contributed by atoms with Gasteiger partial charge in [-0.1, -0.05) is 12.1 Å². The molecule has 2 atom stereocenters. The molecule has 21 heavy (non-hydrogen) atoms. The van der Waals surface area contributed by atoms with E-state index in [1.165, 1.54) is 0 Å². The third kappa shape index (κ3) is 2.97. The SMILES string of the molecule is Nc1ccccc1OCCC(=O)N1C2CCC1CC(O)C2. The van der Waals surface area contributed by atoms with E-state index < -0.39 is 0 Å². The lowest BCUT2D eigenvalue weighted by atomic mass is 9.99. The molecule has 114 valence electrons. The zero-order valence-corrected chi connectivity index (χ0v) is 12.1. The number of fused-ring (bicyclic) bond motifs is 2. The van der Waals surface area contributed by atoms with Gasteiger partial charge in [0.25, 0.3) is 0 Å². The highest BCUT2D eigenvalue weighted by Crippen LogP contribution is 2.36. The largest absolute Gasteiger partial charge is 0.491 e. The van der Waals surface area contributed by atoms with Crippen molar-refractivity contribution in [3.63, 3.8) is 0 Å². The number of rotatable bonds is 4. The van der Waals surface area contributed by atoms with Crippen LogP contribution in [0.1, 0.15) is 32.1 Å². The van der Waals surface area contributed by atoms with E-state index in [0.717, 1.165) is 12.8 Å². The van der Waals surface area contributed by atoms with Crippen LogP contribution < -0.4 is 10.5 Å². The molecule has 2 saturated heterocycles. The topological polar surface area (TPSA) is 75.8 Å². The van der Waals surface area contributed by atoms with Crippen molar-refractivity contribution >= 4 is 11.6 Å². The van der Waals surface area contributed by atoms with Crippen molar-refractivity contribution in [3.8, 4) is 5.75 Å². The van der Waals surface area contributed by atoms with Crippen molar-refractivity contribution in [2.24, 2.45) is 0 Å². The van der Waals surface area contributed by atoms with Crippen LogP contribution in [0.3, 0.4) is 0 Å². The van der Waals surface area contributed by atoms with Gasteiger partial charge in [-0.05, 0) is 37.8 Å². The molecular weight excluding hydrogens is 268 g/mol. The average molecular weight is 290 g/mol. The van der Waals surface area contributed by atoms with E-state index in [1.807, 2.05) is 17.0 Å². The number of nitrogens with two attached hydrogens (primary N) is 1. The molecule has 3 rings (SSSR count). The minimum atomic E-state index is -0.244. The summed E-state index contributed by atoms with van der Waals surface area (Å²) < 4.78 is 5.59. The Bertz CT molecular complexity index is 506. The molecule has 3 N–H and O–H groups in total. The normalized spacial score (nSPS) is 27.7. The highest BCUT2D eigenvalue weighted by Gasteiger charge is 2.42. The van der Waals surface area contributed by atoms with Crippen LogP contribution in [0.4, 0.5) is 5.69 Å². The Morgan fingerprint density at radius 1 is 1.29 bits per heavy atom. The van der Waals surface area contributed by atoms with E-state index in [1.54, 1.807) is 12.1 Å². The number of benzene rings is 1. The molecule has 5 heteroatoms. The first-order valence-electron chi connectivity index (χ1n) is 7.61. The summed E-state index contributed by atoms with van der Waals surface area (Å²) in [5.74, 6) is 0.756. The Hall–Kier alpha value is -1.75. The number of nitrogens with zero attached hydrogens (tertiary/aromatic N) is 1. The van der Waals surface area contributed by atoms with Gasteiger partial charge in [-0.25, -0.2) is 0 Å². The van der Waals surface area contributed by atoms with Crippen LogP contribution in [-0.4, -0.2) is 40.7 Å². The summed E-state index contributed by atoms with van der Waals surface area (Å²) in [7, 11) is 0. The number of hydrogen-bond donors (Lipinski definition) is 2. The van der Waals surface area contributed by atoms with Gasteiger partial charge in [-0.2, -0.15) is 0 Å². The number of ether oxygens (including phenoxy) is 1. The van der Waals surface area contributed by atoms with Gasteiger partial charge in [0, 0.05) is 12.1 Å². The molecule has 1 aromatic carbocycles. The maximum atomic E-state index is 12.4. The summed E-state index contributed by atoms with van der Waals surface area (Å²) in [6, 6.07) is 7.73. The third-order valence-corrected chi connectivity index (χ3v) is 4.49. The number of aliphatic hydroxyl groups is 1. The number of piperidine rings is 1. The summed E-state index contributed by atoms with van der Waals surface area (Å²) >= 11 is 0. The molecule has 0 aromatic heterocycles. The predicted octanol–water partition coefficient (Wildman–Crippen LogP) is 1.55. The summed E-state index contributed by atoms with van der Waals surface area (Å²) in [5, 5.41) is 9.77. The highest BCUT2D eigenvalue weighted by atomic mass is 16.5. The fraction of sp³-hybridized carbons (Fsp3) is 0.562. The molecule has 5 nitrogen and oxygen atoms in total. The molecule has 2 fully saturated rings. The molecule has 1 amide bonds. The van der Waals surface area contributed by atoms with E-state index in [0.29, 0.717) is 37.3 Å². The van der Waals surface area contributed by atoms with E-state index >= 15 is 0 Å². The summed E-state index contributed by atoms with van der Waals surface area (Å²) in [5.41, 5.74) is 6.39. The molecule has 1 aromatic rings. The van der Waals surface area contributed by atoms with Crippen LogP contribution in [0.2, 0.25) is 0 Å². The zero-order valence-electron chi connectivity index (χ0n) is 12.1. The van der Waals surface area contributed by atoms with Gasteiger partial charge < -0.3 is 20.5 Å². The summed E-state index contributed by atoms with van der Waals surface area (Å²) in [6.45, 7) is 0.339. The Morgan fingerprint density at radius 3 is 2.62 bits per heavy atom. The Morgan fingerprint density at radius 2 is 1.95 bits per heavy atom. The lowest BCUT2D eigenvalue weighted by molar-refractivity contribution is -0.137. The molecule has 2 unspecified atom stereocenters. The molecular formula is C16H22N2O3. The van der Waals surface area contributed by atoms with Crippen molar-refractivity contribution < 1.29 is 14.6 Å². The lowest BCUT2D eigenvalue weighted by Crippen LogP contribution is -2.48. The van der Waals surface area contributed by atoms with Crippen LogP contribution >= 0.6 is 0 Å². The summed E-state index contributed by atoms with van der Waals surface area (Å²) in [4.78, 5) is 14.4. The molecule has 0 saturated carbocycles. The van der Waals surface area contributed by atoms with Crippen molar-refractivity contribution in [2.75, 3.05) is 12.3 Å². The minimum Gasteiger partial charge on any atom is -0.491 e. The number of amides is 1. The fourth-order valence-corrected chi connectivity index (χ4v) is 3.54. The smallest absolute Gasteiger partial charge is 0.226 e. The molecule has 0 aliphatic carbocycles. The molecule has 0 spiro atoms. The number of hydrogen-bond acceptors (Lipinski definition) is 4. The van der Waals surface area contributed by atoms with Crippen LogP contribution in [-0.2, 0) is 4.79 Å². The minimum absolute atomic E-state index is 0.129. The van der Waals surface area contributed by atoms with Gasteiger partial charge >= 0.3 is 0 Å². The second-order valence-electron chi connectivity index (χ2n) is 5.95. The van der Waals surface area contributed by atoms with Crippen LogP contribution in [0.5, 0.6) is 5.75 Å². The second-order valence-corrected chi connectivity index (χ2v) is 5.95. The summed E-state index contributed by atoms with van der Waals surface area (Å²) in [6.07, 6.45) is 3.58. The van der Waals surface area contributed by atoms with Gasteiger partial charge in [0.2, 0.25) is 5.91 Å². The molecule has 2 heterocycles. The zero-order chi connectivity index (χ0) is 14.8. The molecule has 0 radical (unpaired) electrons. The maximum absolute atomic E-state index is 12.4. The van der Waals surface area contributed by atoms with E-state index in [4.69, 9.17) is 10.5 Å². The Balaban J connectivity index is 1.52. The Kier molecular flexibility index (Phi) is 4.01. The van der Waals surface area contributed by atoms with Gasteiger partial charge in [0.15, 0.2) is 0 Å². The highest BCUT2D eigenvalue weighted by molar-refractivity contribution is 5.77. The van der Waals surface area contributed by atoms with Gasteiger partial charge in [0.1, 0.15) is 5.75 Å². The fourth-order valence-electron chi connectivity index (χ4n) is 3.54. The van der Waals surface area contributed by atoms with Crippen LogP contribution in [0, 0.1) is 0 Å². The van der Waals surface area contributed by atoms with Crippen molar-refractivity contribution in [1.82, 2.24) is 4.90 Å². The quantitative estimate of drug-likeness (QED) is 0.825. The third-order valence-electron chi connectivity index (χ3n) is 4.49. The number of carbonyl (C=O) groups is 1. The second kappa shape index (κ2) is 5.93. The van der Waals surface area contributed by atoms with Crippen LogP contribution in [0.25, 0.3) is 0 Å². The van der Waals surface area contributed by atoms with Gasteiger partial charge in [-0.15, -0.1) is 0 Å². The van der Waals surface area contributed by atoms with Gasteiger partial charge in [0.05, 0.1) is 24.8 Å². The molecule has 2 aliphatic rings. The van der Waals surface area contributed by atoms with Crippen LogP contribution in [0.15, 0.2) is 24.3 Å². The maximum Gasteiger partial charge on any atom is 0.226 e. The number of anilines is 1. The number of carbonyl (C=O) groups excluding carboxylic acids is 1. The number of aliphatic hydroxyl groups excluding tert-OH is 1.